The van der Waals surface area contributed by atoms with Gasteiger partial charge < -0.3 is 9.84 Å². The number of aromatic amines is 1. The molecule has 2 heterocycles. The number of benzene rings is 1. The number of H-pyrrole nitrogens is 1. The van der Waals surface area contributed by atoms with E-state index in [1.54, 1.807) is 6.20 Å². The fourth-order valence-electron chi connectivity index (χ4n) is 4.15. The number of ether oxygens (including phenoxy) is 1. The molecule has 0 radical (unpaired) electrons. The summed E-state index contributed by atoms with van der Waals surface area (Å²) in [7, 11) is 0. The van der Waals surface area contributed by atoms with Crippen LogP contribution in [-0.2, 0) is 32.8 Å². The second-order valence-electron chi connectivity index (χ2n) is 10.0. The van der Waals surface area contributed by atoms with Gasteiger partial charge in [0.25, 0.3) is 0 Å². The molecule has 3 rings (SSSR count). The summed E-state index contributed by atoms with van der Waals surface area (Å²) >= 11 is 1.27. The first-order valence-electron chi connectivity index (χ1n) is 11.1. The van der Waals surface area contributed by atoms with Crippen LogP contribution in [0.1, 0.15) is 69.8 Å². The summed E-state index contributed by atoms with van der Waals surface area (Å²) in [4.78, 5) is 27.3. The number of carbonyl (C=O) groups is 2. The van der Waals surface area contributed by atoms with Crippen LogP contribution < -0.4 is 0 Å². The van der Waals surface area contributed by atoms with Gasteiger partial charge in [0.15, 0.2) is 11.0 Å². The summed E-state index contributed by atoms with van der Waals surface area (Å²) in [6.45, 7) is 12.1. The van der Waals surface area contributed by atoms with Gasteiger partial charge >= 0.3 is 5.97 Å². The number of aliphatic hydroxyl groups is 1. The molecule has 1 fully saturated rings. The number of nitrogens with zero attached hydrogens (tertiary/aromatic N) is 1. The second-order valence-corrected chi connectivity index (χ2v) is 11.2. The van der Waals surface area contributed by atoms with Crippen molar-refractivity contribution in [2.24, 2.45) is 5.92 Å². The summed E-state index contributed by atoms with van der Waals surface area (Å²) < 4.78 is 6.03. The van der Waals surface area contributed by atoms with Crippen molar-refractivity contribution in [1.29, 1.82) is 0 Å². The van der Waals surface area contributed by atoms with Gasteiger partial charge in [-0.1, -0.05) is 40.7 Å². The summed E-state index contributed by atoms with van der Waals surface area (Å²) in [5, 5.41) is 15.7. The van der Waals surface area contributed by atoms with E-state index in [2.05, 4.69) is 31.0 Å². The normalized spacial score (nSPS) is 21.8. The summed E-state index contributed by atoms with van der Waals surface area (Å²) in [5.74, 6) is -0.540. The highest BCUT2D eigenvalue weighted by molar-refractivity contribution is 8.01. The smallest absolute Gasteiger partial charge is 0.327 e. The van der Waals surface area contributed by atoms with Crippen LogP contribution in [-0.4, -0.2) is 37.9 Å². The number of esters is 1. The lowest BCUT2D eigenvalue weighted by Crippen LogP contribution is -2.52. The molecular formula is C25H34N2O4S. The third-order valence-electron chi connectivity index (χ3n) is 6.37. The number of aliphatic hydroxyl groups excluding tert-OH is 1. The zero-order valence-electron chi connectivity index (χ0n) is 19.8. The standard InChI is InChI=1S/C25H34N2O4S/c1-15(2)25(9-7-18-8-10-26-27-18)13-20(29)22(23(30)31-25)32-21-11-16(3)17(14-28)12-19(21)24(4,5)6/h8,10-12,15,22,28H,7,9,13-14H2,1-6H3,(H,26,27). The molecule has 2 atom stereocenters. The van der Waals surface area contributed by atoms with Gasteiger partial charge in [-0.2, -0.15) is 5.10 Å². The van der Waals surface area contributed by atoms with E-state index in [0.717, 1.165) is 27.3 Å². The molecule has 32 heavy (non-hydrogen) atoms. The van der Waals surface area contributed by atoms with Gasteiger partial charge in [-0.25, -0.2) is 0 Å². The molecule has 7 heteroatoms. The summed E-state index contributed by atoms with van der Waals surface area (Å²) in [5.41, 5.74) is 2.76. The highest BCUT2D eigenvalue weighted by Crippen LogP contribution is 2.42. The predicted octanol–water partition coefficient (Wildman–Crippen LogP) is 4.51. The minimum absolute atomic E-state index is 0.0143. The van der Waals surface area contributed by atoms with Gasteiger partial charge in [0.2, 0.25) is 0 Å². The zero-order chi connectivity index (χ0) is 23.7. The lowest BCUT2D eigenvalue weighted by Gasteiger charge is -2.41. The lowest BCUT2D eigenvalue weighted by atomic mass is 9.79. The second kappa shape index (κ2) is 9.40. The molecule has 2 aromatic rings. The molecular weight excluding hydrogens is 424 g/mol. The van der Waals surface area contributed by atoms with E-state index in [1.807, 2.05) is 39.0 Å². The molecule has 174 valence electrons. The molecule has 1 aliphatic heterocycles. The van der Waals surface area contributed by atoms with E-state index in [1.165, 1.54) is 11.8 Å². The van der Waals surface area contributed by atoms with Crippen LogP contribution in [0.5, 0.6) is 0 Å². The number of hydrogen-bond acceptors (Lipinski definition) is 6. The van der Waals surface area contributed by atoms with Crippen LogP contribution in [0.25, 0.3) is 0 Å². The quantitative estimate of drug-likeness (QED) is 0.468. The molecule has 0 bridgehead atoms. The van der Waals surface area contributed by atoms with Crippen LogP contribution in [0.2, 0.25) is 0 Å². The number of cyclic esters (lactones) is 1. The molecule has 0 saturated carbocycles. The molecule has 2 unspecified atom stereocenters. The van der Waals surface area contributed by atoms with Crippen LogP contribution in [0.3, 0.4) is 0 Å². The molecule has 1 aromatic carbocycles. The number of carbonyl (C=O) groups excluding carboxylic acids is 2. The van der Waals surface area contributed by atoms with Crippen molar-refractivity contribution in [1.82, 2.24) is 10.2 Å². The SMILES string of the molecule is Cc1cc(SC2C(=O)CC(CCc3ccn[nH]3)(C(C)C)OC2=O)c(C(C)(C)C)cc1CO. The van der Waals surface area contributed by atoms with E-state index in [9.17, 15) is 14.7 Å². The molecule has 1 aromatic heterocycles. The minimum atomic E-state index is -0.880. The number of aryl methyl sites for hydroxylation is 2. The van der Waals surface area contributed by atoms with Crippen LogP contribution in [0, 0.1) is 12.8 Å². The zero-order valence-corrected chi connectivity index (χ0v) is 20.6. The predicted molar refractivity (Wildman–Crippen MR) is 126 cm³/mol. The molecule has 2 N–H and O–H groups in total. The Morgan fingerprint density at radius 2 is 2.03 bits per heavy atom. The van der Waals surface area contributed by atoms with Gasteiger partial charge in [-0.15, -0.1) is 11.8 Å². The van der Waals surface area contributed by atoms with E-state index >= 15 is 0 Å². The van der Waals surface area contributed by atoms with Gasteiger partial charge in [0.05, 0.1) is 6.61 Å². The van der Waals surface area contributed by atoms with Crippen molar-refractivity contribution in [3.05, 3.63) is 46.8 Å². The van der Waals surface area contributed by atoms with E-state index in [0.29, 0.717) is 12.8 Å². The maximum atomic E-state index is 13.3. The number of rotatable bonds is 7. The van der Waals surface area contributed by atoms with Crippen molar-refractivity contribution < 1.29 is 19.4 Å². The lowest BCUT2D eigenvalue weighted by molar-refractivity contribution is -0.176. The van der Waals surface area contributed by atoms with Crippen LogP contribution in [0.4, 0.5) is 0 Å². The molecule has 0 spiro atoms. The maximum absolute atomic E-state index is 13.3. The molecule has 1 aliphatic rings. The van der Waals surface area contributed by atoms with E-state index in [-0.39, 0.29) is 30.1 Å². The van der Waals surface area contributed by atoms with Crippen molar-refractivity contribution >= 4 is 23.5 Å². The number of ketones is 1. The van der Waals surface area contributed by atoms with Gasteiger partial charge in [0.1, 0.15) is 5.60 Å². The Labute approximate surface area is 194 Å². The third-order valence-corrected chi connectivity index (χ3v) is 7.66. The van der Waals surface area contributed by atoms with Gasteiger partial charge in [-0.3, -0.25) is 14.7 Å². The molecule has 1 saturated heterocycles. The number of Topliss-reactive ketones (excluding diaryl/α,β-unsaturated/α-hetero) is 1. The Bertz CT molecular complexity index is 959. The van der Waals surface area contributed by atoms with Gasteiger partial charge in [0, 0.05) is 23.2 Å². The number of thioether (sulfide) groups is 1. The van der Waals surface area contributed by atoms with Crippen LogP contribution in [0.15, 0.2) is 29.3 Å². The fraction of sp³-hybridized carbons (Fsp3) is 0.560. The first kappa shape index (κ1) is 24.5. The third kappa shape index (κ3) is 5.09. The maximum Gasteiger partial charge on any atom is 0.327 e. The Kier molecular flexibility index (Phi) is 7.20. The fourth-order valence-corrected chi connectivity index (χ4v) is 5.50. The number of hydrogen-bond donors (Lipinski definition) is 2. The highest BCUT2D eigenvalue weighted by Gasteiger charge is 2.49. The topological polar surface area (TPSA) is 92.3 Å². The average molecular weight is 459 g/mol. The largest absolute Gasteiger partial charge is 0.457 e. The summed E-state index contributed by atoms with van der Waals surface area (Å²) in [6.07, 6.45) is 3.13. The highest BCUT2D eigenvalue weighted by atomic mass is 32.2. The number of nitrogens with one attached hydrogen (secondary N) is 1. The molecule has 0 aliphatic carbocycles. The summed E-state index contributed by atoms with van der Waals surface area (Å²) in [6, 6.07) is 5.85. The Balaban J connectivity index is 1.85. The molecule has 6 nitrogen and oxygen atoms in total. The van der Waals surface area contributed by atoms with Crippen LogP contribution >= 0.6 is 11.8 Å². The van der Waals surface area contributed by atoms with Crippen molar-refractivity contribution in [3.8, 4) is 0 Å². The Morgan fingerprint density at radius 3 is 2.56 bits per heavy atom. The Hall–Kier alpha value is -2.12. The minimum Gasteiger partial charge on any atom is -0.457 e. The van der Waals surface area contributed by atoms with E-state index < -0.39 is 16.8 Å². The average Bonchev–Trinajstić information content (AvgIpc) is 3.22. The Morgan fingerprint density at radius 1 is 1.31 bits per heavy atom. The van der Waals surface area contributed by atoms with E-state index in [4.69, 9.17) is 4.74 Å². The van der Waals surface area contributed by atoms with Crippen molar-refractivity contribution in [2.75, 3.05) is 0 Å². The number of aromatic nitrogens is 2. The monoisotopic (exact) mass is 458 g/mol. The van der Waals surface area contributed by atoms with Crippen molar-refractivity contribution in [2.45, 2.75) is 88.6 Å². The first-order valence-corrected chi connectivity index (χ1v) is 12.0. The van der Waals surface area contributed by atoms with Crippen molar-refractivity contribution in [3.63, 3.8) is 0 Å². The van der Waals surface area contributed by atoms with Gasteiger partial charge in [-0.05, 0) is 59.9 Å². The first-order chi connectivity index (χ1) is 15.0. The molecule has 0 amide bonds.